The van der Waals surface area contributed by atoms with E-state index in [0.29, 0.717) is 6.04 Å². The first-order chi connectivity index (χ1) is 7.77. The molecule has 0 aromatic rings. The van der Waals surface area contributed by atoms with Crippen molar-refractivity contribution in [3.05, 3.63) is 11.6 Å². The van der Waals surface area contributed by atoms with Gasteiger partial charge in [-0.1, -0.05) is 44.8 Å². The normalized spacial score (nSPS) is 20.9. The molecule has 0 bridgehead atoms. The second-order valence-corrected chi connectivity index (χ2v) is 5.08. The molecule has 0 aromatic heterocycles. The molecule has 0 radical (unpaired) electrons. The Hall–Kier alpha value is -0.300. The highest BCUT2D eigenvalue weighted by Crippen LogP contribution is 2.15. The fourth-order valence-corrected chi connectivity index (χ4v) is 2.61. The van der Waals surface area contributed by atoms with Gasteiger partial charge in [0.25, 0.3) is 0 Å². The van der Waals surface area contributed by atoms with Gasteiger partial charge in [-0.3, -0.25) is 4.90 Å². The van der Waals surface area contributed by atoms with Crippen LogP contribution < -0.4 is 0 Å². The van der Waals surface area contributed by atoms with Crippen LogP contribution in [0.5, 0.6) is 0 Å². The van der Waals surface area contributed by atoms with Gasteiger partial charge in [0, 0.05) is 6.04 Å². The first-order valence-corrected chi connectivity index (χ1v) is 7.21. The highest BCUT2D eigenvalue weighted by molar-refractivity contribution is 5.05. The summed E-state index contributed by atoms with van der Waals surface area (Å²) in [7, 11) is 0. The van der Waals surface area contributed by atoms with Gasteiger partial charge in [-0.15, -0.1) is 0 Å². The maximum Gasteiger partial charge on any atom is 0.0252 e. The predicted molar refractivity (Wildman–Crippen MR) is 72.8 cm³/mol. The van der Waals surface area contributed by atoms with Crippen LogP contribution in [0, 0.1) is 0 Å². The maximum absolute atomic E-state index is 2.67. The highest BCUT2D eigenvalue weighted by Gasteiger charge is 2.13. The van der Waals surface area contributed by atoms with Crippen molar-refractivity contribution in [2.75, 3.05) is 13.1 Å². The van der Waals surface area contributed by atoms with E-state index in [1.165, 1.54) is 58.0 Å². The van der Waals surface area contributed by atoms with E-state index in [4.69, 9.17) is 0 Å². The minimum Gasteiger partial charge on any atom is -0.297 e. The zero-order valence-electron chi connectivity index (χ0n) is 11.5. The van der Waals surface area contributed by atoms with Gasteiger partial charge in [0.05, 0.1) is 0 Å². The number of hydrogen-bond acceptors (Lipinski definition) is 1. The fourth-order valence-electron chi connectivity index (χ4n) is 2.61. The minimum atomic E-state index is 0.646. The summed E-state index contributed by atoms with van der Waals surface area (Å²) in [6, 6.07) is 0.646. The van der Waals surface area contributed by atoms with Gasteiger partial charge in [0.15, 0.2) is 0 Å². The van der Waals surface area contributed by atoms with Crippen LogP contribution in [0.15, 0.2) is 11.6 Å². The summed E-state index contributed by atoms with van der Waals surface area (Å²) in [5.74, 6) is 0. The van der Waals surface area contributed by atoms with Crippen LogP contribution in [0.1, 0.15) is 65.7 Å². The van der Waals surface area contributed by atoms with E-state index in [9.17, 15) is 0 Å². The predicted octanol–water partition coefficient (Wildman–Crippen LogP) is 4.39. The van der Waals surface area contributed by atoms with Crippen LogP contribution in [0.3, 0.4) is 0 Å². The smallest absolute Gasteiger partial charge is 0.0252 e. The average molecular weight is 223 g/mol. The molecule has 1 rings (SSSR count). The minimum absolute atomic E-state index is 0.646. The quantitative estimate of drug-likeness (QED) is 0.639. The van der Waals surface area contributed by atoms with Crippen molar-refractivity contribution in [2.24, 2.45) is 0 Å². The SMILES string of the molecule is CCC(=CC(C)N1CCCCCCC1)CC. The van der Waals surface area contributed by atoms with Gasteiger partial charge in [-0.2, -0.15) is 0 Å². The van der Waals surface area contributed by atoms with Crippen molar-refractivity contribution in [3.63, 3.8) is 0 Å². The highest BCUT2D eigenvalue weighted by atomic mass is 15.1. The zero-order valence-corrected chi connectivity index (χ0v) is 11.5. The van der Waals surface area contributed by atoms with Gasteiger partial charge in [-0.05, 0) is 45.7 Å². The van der Waals surface area contributed by atoms with Gasteiger partial charge < -0.3 is 0 Å². The van der Waals surface area contributed by atoms with Crippen molar-refractivity contribution in [1.29, 1.82) is 0 Å². The van der Waals surface area contributed by atoms with Crippen LogP contribution in [-0.2, 0) is 0 Å². The molecule has 1 aliphatic rings. The fraction of sp³-hybridized carbons (Fsp3) is 0.867. The van der Waals surface area contributed by atoms with E-state index < -0.39 is 0 Å². The van der Waals surface area contributed by atoms with Crippen LogP contribution in [0.2, 0.25) is 0 Å². The first-order valence-electron chi connectivity index (χ1n) is 7.21. The number of nitrogens with zero attached hydrogens (tertiary/aromatic N) is 1. The Kier molecular flexibility index (Phi) is 6.79. The molecule has 1 fully saturated rings. The topological polar surface area (TPSA) is 3.24 Å². The van der Waals surface area contributed by atoms with Crippen molar-refractivity contribution >= 4 is 0 Å². The maximum atomic E-state index is 2.67. The third-order valence-corrected chi connectivity index (χ3v) is 3.85. The number of hydrogen-bond donors (Lipinski definition) is 0. The second kappa shape index (κ2) is 7.89. The van der Waals surface area contributed by atoms with E-state index in [2.05, 4.69) is 31.7 Å². The summed E-state index contributed by atoms with van der Waals surface area (Å²) in [4.78, 5) is 2.67. The molecule has 1 atom stereocenters. The molecule has 0 aromatic carbocycles. The van der Waals surface area contributed by atoms with Gasteiger partial charge in [-0.25, -0.2) is 0 Å². The molecule has 1 aliphatic heterocycles. The van der Waals surface area contributed by atoms with Crippen LogP contribution in [0.25, 0.3) is 0 Å². The third kappa shape index (κ3) is 4.69. The molecule has 16 heavy (non-hydrogen) atoms. The summed E-state index contributed by atoms with van der Waals surface area (Å²) in [6.07, 6.45) is 12.0. The Labute approximate surface area is 102 Å². The molecule has 94 valence electrons. The van der Waals surface area contributed by atoms with Crippen molar-refractivity contribution in [3.8, 4) is 0 Å². The Morgan fingerprint density at radius 3 is 2.00 bits per heavy atom. The Morgan fingerprint density at radius 2 is 1.50 bits per heavy atom. The van der Waals surface area contributed by atoms with Crippen LogP contribution >= 0.6 is 0 Å². The Balaban J connectivity index is 2.49. The van der Waals surface area contributed by atoms with E-state index in [1.807, 2.05) is 0 Å². The zero-order chi connectivity index (χ0) is 11.8. The molecule has 0 amide bonds. The molecule has 0 saturated carbocycles. The summed E-state index contributed by atoms with van der Waals surface area (Å²) in [5, 5.41) is 0. The number of rotatable bonds is 4. The molecule has 1 heterocycles. The van der Waals surface area contributed by atoms with Gasteiger partial charge in [0.1, 0.15) is 0 Å². The first kappa shape index (κ1) is 13.8. The van der Waals surface area contributed by atoms with Gasteiger partial charge in [0.2, 0.25) is 0 Å². The molecule has 0 spiro atoms. The van der Waals surface area contributed by atoms with E-state index in [0.717, 1.165) is 0 Å². The second-order valence-electron chi connectivity index (χ2n) is 5.08. The van der Waals surface area contributed by atoms with Gasteiger partial charge >= 0.3 is 0 Å². The Morgan fingerprint density at radius 1 is 1.00 bits per heavy atom. The summed E-state index contributed by atoms with van der Waals surface area (Å²) in [6.45, 7) is 9.52. The lowest BCUT2D eigenvalue weighted by Crippen LogP contribution is -2.34. The number of likely N-dealkylation sites (tertiary alicyclic amines) is 1. The molecular formula is C15H29N. The lowest BCUT2D eigenvalue weighted by atomic mass is 10.0. The van der Waals surface area contributed by atoms with E-state index >= 15 is 0 Å². The summed E-state index contributed by atoms with van der Waals surface area (Å²) in [5.41, 5.74) is 1.62. The van der Waals surface area contributed by atoms with Crippen LogP contribution in [0.4, 0.5) is 0 Å². The number of allylic oxidation sites excluding steroid dienone is 1. The lowest BCUT2D eigenvalue weighted by Gasteiger charge is -2.29. The largest absolute Gasteiger partial charge is 0.297 e. The molecule has 1 unspecified atom stereocenters. The lowest BCUT2D eigenvalue weighted by molar-refractivity contribution is 0.218. The molecular weight excluding hydrogens is 194 g/mol. The van der Waals surface area contributed by atoms with E-state index in [1.54, 1.807) is 5.57 Å². The van der Waals surface area contributed by atoms with E-state index in [-0.39, 0.29) is 0 Å². The molecule has 1 saturated heterocycles. The van der Waals surface area contributed by atoms with Crippen molar-refractivity contribution in [1.82, 2.24) is 4.90 Å². The molecule has 1 heteroatoms. The third-order valence-electron chi connectivity index (χ3n) is 3.85. The van der Waals surface area contributed by atoms with Crippen molar-refractivity contribution < 1.29 is 0 Å². The summed E-state index contributed by atoms with van der Waals surface area (Å²) < 4.78 is 0. The average Bonchev–Trinajstić information content (AvgIpc) is 2.25. The standard InChI is InChI=1S/C15H29N/c1-4-15(5-2)13-14(3)16-11-9-7-6-8-10-12-16/h13-14H,4-12H2,1-3H3. The Bertz CT molecular complexity index is 193. The monoisotopic (exact) mass is 223 g/mol. The van der Waals surface area contributed by atoms with Crippen LogP contribution in [-0.4, -0.2) is 24.0 Å². The van der Waals surface area contributed by atoms with Crippen molar-refractivity contribution in [2.45, 2.75) is 71.8 Å². The molecule has 0 N–H and O–H groups in total. The molecule has 1 nitrogen and oxygen atoms in total. The molecule has 0 aliphatic carbocycles. The summed E-state index contributed by atoms with van der Waals surface area (Å²) >= 11 is 0.